The van der Waals surface area contributed by atoms with Crippen LogP contribution < -0.4 is 16.0 Å². The summed E-state index contributed by atoms with van der Waals surface area (Å²) in [5, 5.41) is 3.12. The maximum Gasteiger partial charge on any atom is 0.198 e. The fourth-order valence-corrected chi connectivity index (χ4v) is 2.21. The molecule has 0 spiro atoms. The molecule has 0 bridgehead atoms. The minimum Gasteiger partial charge on any atom is -0.446 e. The summed E-state index contributed by atoms with van der Waals surface area (Å²) < 4.78 is 5.46. The average Bonchev–Trinajstić information content (AvgIpc) is 2.99. The molecule has 100 valence electrons. The molecule has 2 aromatic heterocycles. The van der Waals surface area contributed by atoms with Crippen molar-refractivity contribution in [3.05, 3.63) is 30.3 Å². The Morgan fingerprint density at radius 3 is 3.00 bits per heavy atom. The van der Waals surface area contributed by atoms with E-state index in [1.807, 2.05) is 25.1 Å². The SMILES string of the molecule is Cc1ccc(Nc2cc(N3CCC(N)C3)ncn2)o1. The van der Waals surface area contributed by atoms with Gasteiger partial charge in [-0.1, -0.05) is 0 Å². The van der Waals surface area contributed by atoms with Crippen molar-refractivity contribution in [2.45, 2.75) is 19.4 Å². The van der Waals surface area contributed by atoms with Gasteiger partial charge in [0.25, 0.3) is 0 Å². The quantitative estimate of drug-likeness (QED) is 0.872. The van der Waals surface area contributed by atoms with Gasteiger partial charge in [-0.15, -0.1) is 0 Å². The van der Waals surface area contributed by atoms with Crippen LogP contribution in [0.25, 0.3) is 0 Å². The van der Waals surface area contributed by atoms with Crippen molar-refractivity contribution in [3.8, 4) is 0 Å². The van der Waals surface area contributed by atoms with Crippen molar-refractivity contribution in [2.75, 3.05) is 23.3 Å². The second-order valence-corrected chi connectivity index (χ2v) is 4.79. The van der Waals surface area contributed by atoms with Gasteiger partial charge in [0.1, 0.15) is 23.7 Å². The van der Waals surface area contributed by atoms with Crippen LogP contribution in [0.4, 0.5) is 17.5 Å². The summed E-state index contributed by atoms with van der Waals surface area (Å²) >= 11 is 0. The molecule has 0 aromatic carbocycles. The summed E-state index contributed by atoms with van der Waals surface area (Å²) in [5.74, 6) is 3.16. The highest BCUT2D eigenvalue weighted by molar-refractivity contribution is 5.55. The minimum absolute atomic E-state index is 0.235. The lowest BCUT2D eigenvalue weighted by Gasteiger charge is -2.16. The van der Waals surface area contributed by atoms with E-state index in [0.717, 1.165) is 36.9 Å². The van der Waals surface area contributed by atoms with Crippen molar-refractivity contribution < 1.29 is 4.42 Å². The Balaban J connectivity index is 1.76. The van der Waals surface area contributed by atoms with Crippen molar-refractivity contribution in [3.63, 3.8) is 0 Å². The van der Waals surface area contributed by atoms with Gasteiger partial charge in [-0.2, -0.15) is 0 Å². The third-order valence-corrected chi connectivity index (χ3v) is 3.19. The van der Waals surface area contributed by atoms with Crippen LogP contribution in [0.1, 0.15) is 12.2 Å². The fraction of sp³-hybridized carbons (Fsp3) is 0.385. The Labute approximate surface area is 111 Å². The third-order valence-electron chi connectivity index (χ3n) is 3.19. The molecule has 3 N–H and O–H groups in total. The van der Waals surface area contributed by atoms with Gasteiger partial charge in [0.05, 0.1) is 0 Å². The summed E-state index contributed by atoms with van der Waals surface area (Å²) in [4.78, 5) is 10.7. The van der Waals surface area contributed by atoms with E-state index in [1.165, 1.54) is 0 Å². The highest BCUT2D eigenvalue weighted by Gasteiger charge is 2.20. The molecule has 0 amide bonds. The fourth-order valence-electron chi connectivity index (χ4n) is 2.21. The lowest BCUT2D eigenvalue weighted by molar-refractivity contribution is 0.551. The zero-order valence-electron chi connectivity index (χ0n) is 10.8. The van der Waals surface area contributed by atoms with Gasteiger partial charge in [0.15, 0.2) is 5.88 Å². The molecular formula is C13H17N5O. The van der Waals surface area contributed by atoms with Crippen LogP contribution in [0.3, 0.4) is 0 Å². The van der Waals surface area contributed by atoms with Crippen LogP contribution in [-0.2, 0) is 0 Å². The Bertz CT molecular complexity index is 568. The maximum atomic E-state index is 5.91. The number of nitrogens with one attached hydrogen (secondary N) is 1. The lowest BCUT2D eigenvalue weighted by atomic mass is 10.3. The van der Waals surface area contributed by atoms with E-state index >= 15 is 0 Å². The van der Waals surface area contributed by atoms with Crippen molar-refractivity contribution in [1.29, 1.82) is 0 Å². The van der Waals surface area contributed by atoms with Crippen LogP contribution in [-0.4, -0.2) is 29.1 Å². The van der Waals surface area contributed by atoms with Gasteiger partial charge in [-0.25, -0.2) is 9.97 Å². The van der Waals surface area contributed by atoms with E-state index < -0.39 is 0 Å². The van der Waals surface area contributed by atoms with E-state index in [4.69, 9.17) is 10.2 Å². The van der Waals surface area contributed by atoms with E-state index in [9.17, 15) is 0 Å². The van der Waals surface area contributed by atoms with E-state index in [2.05, 4.69) is 20.2 Å². The van der Waals surface area contributed by atoms with Gasteiger partial charge in [0, 0.05) is 31.3 Å². The number of aromatic nitrogens is 2. The Hall–Kier alpha value is -2.08. The summed E-state index contributed by atoms with van der Waals surface area (Å²) in [6.45, 7) is 3.69. The van der Waals surface area contributed by atoms with Crippen molar-refractivity contribution in [2.24, 2.45) is 5.73 Å². The molecule has 0 radical (unpaired) electrons. The zero-order chi connectivity index (χ0) is 13.2. The Morgan fingerprint density at radius 2 is 2.32 bits per heavy atom. The highest BCUT2D eigenvalue weighted by Crippen LogP contribution is 2.22. The first-order valence-electron chi connectivity index (χ1n) is 6.37. The van der Waals surface area contributed by atoms with Crippen LogP contribution in [0.15, 0.2) is 28.9 Å². The van der Waals surface area contributed by atoms with E-state index in [0.29, 0.717) is 5.88 Å². The number of nitrogens with two attached hydrogens (primary N) is 1. The number of anilines is 3. The molecule has 1 atom stereocenters. The minimum atomic E-state index is 0.235. The predicted molar refractivity (Wildman–Crippen MR) is 73.6 cm³/mol. The first kappa shape index (κ1) is 12.0. The summed E-state index contributed by atoms with van der Waals surface area (Å²) in [5.41, 5.74) is 5.91. The molecule has 3 rings (SSSR count). The lowest BCUT2D eigenvalue weighted by Crippen LogP contribution is -2.26. The van der Waals surface area contributed by atoms with Gasteiger partial charge in [0.2, 0.25) is 0 Å². The predicted octanol–water partition coefficient (Wildman–Crippen LogP) is 1.66. The average molecular weight is 259 g/mol. The summed E-state index contributed by atoms with van der Waals surface area (Å²) in [6.07, 6.45) is 2.56. The number of nitrogens with zero attached hydrogens (tertiary/aromatic N) is 3. The van der Waals surface area contributed by atoms with Crippen molar-refractivity contribution in [1.82, 2.24) is 9.97 Å². The Morgan fingerprint density at radius 1 is 1.42 bits per heavy atom. The molecule has 1 aliphatic heterocycles. The molecule has 0 saturated carbocycles. The van der Waals surface area contributed by atoms with Gasteiger partial charge >= 0.3 is 0 Å². The normalized spacial score (nSPS) is 18.8. The molecule has 1 unspecified atom stereocenters. The van der Waals surface area contributed by atoms with Crippen molar-refractivity contribution >= 4 is 17.5 Å². The van der Waals surface area contributed by atoms with Crippen LogP contribution in [0.5, 0.6) is 0 Å². The van der Waals surface area contributed by atoms with Gasteiger partial charge in [-0.3, -0.25) is 0 Å². The molecule has 2 aromatic rings. The van der Waals surface area contributed by atoms with Crippen LogP contribution in [0.2, 0.25) is 0 Å². The zero-order valence-corrected chi connectivity index (χ0v) is 10.8. The maximum absolute atomic E-state index is 5.91. The van der Waals surface area contributed by atoms with E-state index in [1.54, 1.807) is 6.33 Å². The van der Waals surface area contributed by atoms with Gasteiger partial charge < -0.3 is 20.4 Å². The first-order valence-corrected chi connectivity index (χ1v) is 6.37. The molecule has 0 aliphatic carbocycles. The molecule has 3 heterocycles. The van der Waals surface area contributed by atoms with Crippen LogP contribution >= 0.6 is 0 Å². The molecular weight excluding hydrogens is 242 g/mol. The standard InChI is InChI=1S/C13H17N5O/c1-9-2-3-13(19-9)17-11-6-12(16-8-15-11)18-5-4-10(14)7-18/h2-3,6,8,10H,4-5,7,14H2,1H3,(H,15,16,17). The first-order chi connectivity index (χ1) is 9.20. The second kappa shape index (κ2) is 4.89. The topological polar surface area (TPSA) is 80.2 Å². The Kier molecular flexibility index (Phi) is 3.08. The highest BCUT2D eigenvalue weighted by atomic mass is 16.4. The van der Waals surface area contributed by atoms with Gasteiger partial charge in [-0.05, 0) is 19.4 Å². The third kappa shape index (κ3) is 2.68. The largest absolute Gasteiger partial charge is 0.446 e. The molecule has 1 saturated heterocycles. The molecule has 6 nitrogen and oxygen atoms in total. The summed E-state index contributed by atoms with van der Waals surface area (Å²) in [7, 11) is 0. The molecule has 6 heteroatoms. The van der Waals surface area contributed by atoms with E-state index in [-0.39, 0.29) is 6.04 Å². The number of aryl methyl sites for hydroxylation is 1. The summed E-state index contributed by atoms with van der Waals surface area (Å²) in [6, 6.07) is 5.93. The smallest absolute Gasteiger partial charge is 0.198 e. The monoisotopic (exact) mass is 259 g/mol. The molecule has 19 heavy (non-hydrogen) atoms. The second-order valence-electron chi connectivity index (χ2n) is 4.79. The molecule has 1 aliphatic rings. The number of rotatable bonds is 3. The van der Waals surface area contributed by atoms with Crippen LogP contribution in [0, 0.1) is 6.92 Å². The molecule has 1 fully saturated rings. The number of hydrogen-bond acceptors (Lipinski definition) is 6. The number of hydrogen-bond donors (Lipinski definition) is 2. The number of furan rings is 1.